The number of anilines is 1. The second kappa shape index (κ2) is 6.83. The van der Waals surface area contributed by atoms with Crippen molar-refractivity contribution >= 4 is 11.7 Å². The molecular weight excluding hydrogens is 256 g/mol. The van der Waals surface area contributed by atoms with E-state index < -0.39 is 5.60 Å². The highest BCUT2D eigenvalue weighted by atomic mass is 16.5. The zero-order valence-electron chi connectivity index (χ0n) is 12.0. The Hall–Kier alpha value is -2.19. The Morgan fingerprint density at radius 2 is 2.05 bits per heavy atom. The van der Waals surface area contributed by atoms with Crippen molar-refractivity contribution in [1.82, 2.24) is 4.90 Å². The summed E-state index contributed by atoms with van der Waals surface area (Å²) in [6.07, 6.45) is 5.10. The normalized spacial score (nSPS) is 10.6. The molecule has 2 amide bonds. The monoisotopic (exact) mass is 276 g/mol. The third-order valence-electron chi connectivity index (χ3n) is 2.40. The lowest BCUT2D eigenvalue weighted by atomic mass is 10.1. The SMILES string of the molecule is C#CCOc1ccc(NC(=O)N(C)CC(C)(C)O)cc1. The number of nitrogens with zero attached hydrogens (tertiary/aromatic N) is 1. The van der Waals surface area contributed by atoms with E-state index in [1.807, 2.05) is 0 Å². The standard InChI is InChI=1S/C15H20N2O3/c1-5-10-20-13-8-6-12(7-9-13)16-14(18)17(4)11-15(2,3)19/h1,6-9,19H,10-11H2,2-4H3,(H,16,18). The van der Waals surface area contributed by atoms with E-state index in [1.54, 1.807) is 45.2 Å². The number of urea groups is 1. The van der Waals surface area contributed by atoms with Crippen molar-refractivity contribution in [3.8, 4) is 18.1 Å². The number of aliphatic hydroxyl groups is 1. The van der Waals surface area contributed by atoms with Gasteiger partial charge in [0.25, 0.3) is 0 Å². The zero-order valence-corrected chi connectivity index (χ0v) is 12.0. The predicted octanol–water partition coefficient (Wildman–Crippen LogP) is 1.93. The van der Waals surface area contributed by atoms with Crippen molar-refractivity contribution in [2.24, 2.45) is 0 Å². The van der Waals surface area contributed by atoms with Gasteiger partial charge in [0.1, 0.15) is 12.4 Å². The summed E-state index contributed by atoms with van der Waals surface area (Å²) in [6, 6.07) is 6.61. The van der Waals surface area contributed by atoms with Crippen LogP contribution in [0.3, 0.4) is 0 Å². The van der Waals surface area contributed by atoms with Crippen LogP contribution in [-0.4, -0.2) is 41.8 Å². The van der Waals surface area contributed by atoms with Gasteiger partial charge in [-0.2, -0.15) is 0 Å². The summed E-state index contributed by atoms with van der Waals surface area (Å²) in [5.41, 5.74) is -0.287. The van der Waals surface area contributed by atoms with Crippen LogP contribution in [0.2, 0.25) is 0 Å². The molecule has 0 radical (unpaired) electrons. The average Bonchev–Trinajstić information content (AvgIpc) is 2.36. The van der Waals surface area contributed by atoms with E-state index in [0.29, 0.717) is 11.4 Å². The summed E-state index contributed by atoms with van der Waals surface area (Å²) < 4.78 is 5.24. The maximum atomic E-state index is 11.9. The summed E-state index contributed by atoms with van der Waals surface area (Å²) in [5, 5.41) is 12.4. The van der Waals surface area contributed by atoms with Crippen molar-refractivity contribution in [1.29, 1.82) is 0 Å². The van der Waals surface area contributed by atoms with Crippen LogP contribution in [0, 0.1) is 12.3 Å². The number of nitrogens with one attached hydrogen (secondary N) is 1. The highest BCUT2D eigenvalue weighted by molar-refractivity contribution is 5.89. The molecule has 0 aromatic heterocycles. The van der Waals surface area contributed by atoms with E-state index in [1.165, 1.54) is 4.90 Å². The Balaban J connectivity index is 2.56. The third-order valence-corrected chi connectivity index (χ3v) is 2.40. The van der Waals surface area contributed by atoms with Crippen LogP contribution in [0.1, 0.15) is 13.8 Å². The molecule has 5 nitrogen and oxygen atoms in total. The molecule has 0 saturated heterocycles. The molecule has 0 fully saturated rings. The average molecular weight is 276 g/mol. The summed E-state index contributed by atoms with van der Waals surface area (Å²) in [6.45, 7) is 3.74. The van der Waals surface area contributed by atoms with Gasteiger partial charge in [-0.15, -0.1) is 6.42 Å². The third kappa shape index (κ3) is 5.63. The molecule has 0 spiro atoms. The summed E-state index contributed by atoms with van der Waals surface area (Å²) in [5.74, 6) is 3.02. The Bertz CT molecular complexity index is 483. The molecule has 0 heterocycles. The minimum absolute atomic E-state index is 0.208. The van der Waals surface area contributed by atoms with Gasteiger partial charge >= 0.3 is 6.03 Å². The lowest BCUT2D eigenvalue weighted by molar-refractivity contribution is 0.0550. The Kier molecular flexibility index (Phi) is 5.42. The molecule has 5 heteroatoms. The van der Waals surface area contributed by atoms with Crippen LogP contribution in [0.25, 0.3) is 0 Å². The van der Waals surface area contributed by atoms with Crippen LogP contribution < -0.4 is 10.1 Å². The molecule has 108 valence electrons. The quantitative estimate of drug-likeness (QED) is 0.808. The number of benzene rings is 1. The molecule has 0 bridgehead atoms. The van der Waals surface area contributed by atoms with Gasteiger partial charge < -0.3 is 20.1 Å². The highest BCUT2D eigenvalue weighted by Gasteiger charge is 2.19. The first-order valence-electron chi connectivity index (χ1n) is 6.22. The first-order chi connectivity index (χ1) is 9.31. The molecule has 1 rings (SSSR count). The lowest BCUT2D eigenvalue weighted by Crippen LogP contribution is -2.41. The van der Waals surface area contributed by atoms with Gasteiger partial charge in [-0.25, -0.2) is 4.79 Å². The van der Waals surface area contributed by atoms with Crippen molar-refractivity contribution < 1.29 is 14.6 Å². The number of ether oxygens (including phenoxy) is 1. The number of rotatable bonds is 5. The number of hydrogen-bond donors (Lipinski definition) is 2. The fourth-order valence-corrected chi connectivity index (χ4v) is 1.63. The van der Waals surface area contributed by atoms with Crippen LogP contribution in [0.15, 0.2) is 24.3 Å². The smallest absolute Gasteiger partial charge is 0.321 e. The molecule has 0 aliphatic heterocycles. The molecule has 0 saturated carbocycles. The van der Waals surface area contributed by atoms with E-state index in [9.17, 15) is 9.90 Å². The molecule has 0 aliphatic carbocycles. The van der Waals surface area contributed by atoms with Crippen molar-refractivity contribution in [2.45, 2.75) is 19.4 Å². The van der Waals surface area contributed by atoms with Gasteiger partial charge in [0.15, 0.2) is 0 Å². The van der Waals surface area contributed by atoms with Crippen LogP contribution in [0.5, 0.6) is 5.75 Å². The molecule has 0 atom stereocenters. The first-order valence-corrected chi connectivity index (χ1v) is 6.22. The Morgan fingerprint density at radius 3 is 2.55 bits per heavy atom. The summed E-state index contributed by atoms with van der Waals surface area (Å²) in [7, 11) is 1.62. The van der Waals surface area contributed by atoms with Gasteiger partial charge in [0.05, 0.1) is 12.1 Å². The van der Waals surface area contributed by atoms with E-state index in [2.05, 4.69) is 11.2 Å². The van der Waals surface area contributed by atoms with E-state index >= 15 is 0 Å². The zero-order chi connectivity index (χ0) is 15.2. The largest absolute Gasteiger partial charge is 0.481 e. The topological polar surface area (TPSA) is 61.8 Å². The van der Waals surface area contributed by atoms with Crippen molar-refractivity contribution in [3.05, 3.63) is 24.3 Å². The number of likely N-dealkylation sites (N-methyl/N-ethyl adjacent to an activating group) is 1. The number of hydrogen-bond acceptors (Lipinski definition) is 3. The fraction of sp³-hybridized carbons (Fsp3) is 0.400. The van der Waals surface area contributed by atoms with Gasteiger partial charge in [-0.1, -0.05) is 5.92 Å². The molecule has 20 heavy (non-hydrogen) atoms. The highest BCUT2D eigenvalue weighted by Crippen LogP contribution is 2.16. The van der Waals surface area contributed by atoms with Gasteiger partial charge in [0, 0.05) is 12.7 Å². The summed E-state index contributed by atoms with van der Waals surface area (Å²) >= 11 is 0. The number of terminal acetylenes is 1. The molecule has 1 aromatic rings. The number of carbonyl (C=O) groups excluding carboxylic acids is 1. The second-order valence-corrected chi connectivity index (χ2v) is 5.12. The second-order valence-electron chi connectivity index (χ2n) is 5.12. The van der Waals surface area contributed by atoms with Gasteiger partial charge in [-0.05, 0) is 38.1 Å². The van der Waals surface area contributed by atoms with Crippen LogP contribution in [0.4, 0.5) is 10.5 Å². The van der Waals surface area contributed by atoms with Gasteiger partial charge in [0.2, 0.25) is 0 Å². The van der Waals surface area contributed by atoms with Crippen molar-refractivity contribution in [3.63, 3.8) is 0 Å². The van der Waals surface area contributed by atoms with E-state index in [0.717, 1.165) is 0 Å². The van der Waals surface area contributed by atoms with Crippen LogP contribution >= 0.6 is 0 Å². The molecule has 0 unspecified atom stereocenters. The lowest BCUT2D eigenvalue weighted by Gasteiger charge is -2.25. The van der Waals surface area contributed by atoms with Gasteiger partial charge in [-0.3, -0.25) is 0 Å². The molecular formula is C15H20N2O3. The Morgan fingerprint density at radius 1 is 1.45 bits per heavy atom. The van der Waals surface area contributed by atoms with Crippen molar-refractivity contribution in [2.75, 3.05) is 25.5 Å². The maximum absolute atomic E-state index is 11.9. The van der Waals surface area contributed by atoms with E-state index in [4.69, 9.17) is 11.2 Å². The first kappa shape index (κ1) is 15.9. The summed E-state index contributed by atoms with van der Waals surface area (Å²) in [4.78, 5) is 13.3. The van der Waals surface area contributed by atoms with Crippen LogP contribution in [-0.2, 0) is 0 Å². The molecule has 0 aliphatic rings. The fourth-order valence-electron chi connectivity index (χ4n) is 1.63. The minimum Gasteiger partial charge on any atom is -0.481 e. The maximum Gasteiger partial charge on any atom is 0.321 e. The molecule has 1 aromatic carbocycles. The minimum atomic E-state index is -0.932. The predicted molar refractivity (Wildman–Crippen MR) is 78.7 cm³/mol. The molecule has 2 N–H and O–H groups in total. The Labute approximate surface area is 119 Å². The number of amides is 2. The van der Waals surface area contributed by atoms with E-state index in [-0.39, 0.29) is 19.2 Å². The number of carbonyl (C=O) groups is 1.